The van der Waals surface area contributed by atoms with Crippen molar-refractivity contribution in [2.24, 2.45) is 0 Å². The highest BCUT2D eigenvalue weighted by Gasteiger charge is 2.21. The van der Waals surface area contributed by atoms with Crippen molar-refractivity contribution in [3.05, 3.63) is 84.4 Å². The lowest BCUT2D eigenvalue weighted by molar-refractivity contribution is -0.0349. The van der Waals surface area contributed by atoms with E-state index in [4.69, 9.17) is 28.4 Å². The van der Waals surface area contributed by atoms with Crippen molar-refractivity contribution in [2.75, 3.05) is 39.6 Å². The Bertz CT molecular complexity index is 1010. The molecule has 0 amide bonds. The maximum Gasteiger partial charge on any atom is 0.169 e. The highest BCUT2D eigenvalue weighted by atomic mass is 16.6. The number of rotatable bonds is 3. The summed E-state index contributed by atoms with van der Waals surface area (Å²) in [5, 5.41) is 9.75. The number of benzene rings is 3. The summed E-state index contributed by atoms with van der Waals surface area (Å²) in [5.74, 6) is 2.39. The Morgan fingerprint density at radius 3 is 1.62 bits per heavy atom. The monoisotopic (exact) mass is 461 g/mol. The van der Waals surface area contributed by atoms with Crippen LogP contribution in [0.1, 0.15) is 11.7 Å². The molecule has 0 N–H and O–H groups in total. The maximum atomic E-state index is 9.75. The van der Waals surface area contributed by atoms with Crippen LogP contribution in [-0.4, -0.2) is 45.7 Å². The molecule has 0 fully saturated rings. The van der Waals surface area contributed by atoms with Crippen LogP contribution in [0.2, 0.25) is 0 Å². The summed E-state index contributed by atoms with van der Waals surface area (Å²) in [6.07, 6.45) is -1.30. The molecule has 7 nitrogen and oxygen atoms in total. The minimum absolute atomic E-state index is 0.158. The molecule has 0 spiro atoms. The SMILES string of the molecule is N#CC(OC1COc2ccccc2OCCOCCOc2ccccc2OC1)c1ccccc1. The Labute approximate surface area is 199 Å². The summed E-state index contributed by atoms with van der Waals surface area (Å²) in [6, 6.07) is 26.4. The van der Waals surface area contributed by atoms with E-state index in [1.807, 2.05) is 78.9 Å². The van der Waals surface area contributed by atoms with E-state index >= 15 is 0 Å². The van der Waals surface area contributed by atoms with Crippen molar-refractivity contribution in [1.82, 2.24) is 0 Å². The van der Waals surface area contributed by atoms with Gasteiger partial charge >= 0.3 is 0 Å². The molecule has 1 aliphatic rings. The van der Waals surface area contributed by atoms with E-state index < -0.39 is 12.2 Å². The molecule has 3 aromatic rings. The highest BCUT2D eigenvalue weighted by Crippen LogP contribution is 2.29. The average molecular weight is 462 g/mol. The summed E-state index contributed by atoms with van der Waals surface area (Å²) in [4.78, 5) is 0. The fraction of sp³-hybridized carbons (Fsp3) is 0.296. The number of hydrogen-bond donors (Lipinski definition) is 0. The fourth-order valence-electron chi connectivity index (χ4n) is 3.40. The van der Waals surface area contributed by atoms with Gasteiger partial charge < -0.3 is 28.4 Å². The molecule has 0 bridgehead atoms. The van der Waals surface area contributed by atoms with Crippen molar-refractivity contribution >= 4 is 0 Å². The van der Waals surface area contributed by atoms with E-state index in [2.05, 4.69) is 6.07 Å². The number of ether oxygens (including phenoxy) is 6. The Morgan fingerprint density at radius 2 is 1.12 bits per heavy atom. The fourth-order valence-corrected chi connectivity index (χ4v) is 3.40. The number of nitriles is 1. The zero-order valence-corrected chi connectivity index (χ0v) is 18.8. The molecular weight excluding hydrogens is 434 g/mol. The first-order valence-electron chi connectivity index (χ1n) is 11.2. The average Bonchev–Trinajstić information content (AvgIpc) is 2.89. The number of hydrogen-bond acceptors (Lipinski definition) is 7. The number of fused-ring (bicyclic) bond motifs is 2. The number of nitrogens with zero attached hydrogens (tertiary/aromatic N) is 1. The molecule has 0 saturated heterocycles. The number of para-hydroxylation sites is 4. The van der Waals surface area contributed by atoms with Gasteiger partial charge in [0, 0.05) is 0 Å². The molecule has 1 heterocycles. The largest absolute Gasteiger partial charge is 0.487 e. The van der Waals surface area contributed by atoms with Gasteiger partial charge in [-0.05, 0) is 29.8 Å². The van der Waals surface area contributed by atoms with Gasteiger partial charge in [0.25, 0.3) is 0 Å². The summed E-state index contributed by atoms with van der Waals surface area (Å²) in [5.41, 5.74) is 0.768. The van der Waals surface area contributed by atoms with Gasteiger partial charge in [0.1, 0.15) is 32.5 Å². The molecule has 3 aromatic carbocycles. The van der Waals surface area contributed by atoms with E-state index in [0.717, 1.165) is 5.56 Å². The normalized spacial score (nSPS) is 16.2. The first kappa shape index (κ1) is 23.4. The quantitative estimate of drug-likeness (QED) is 0.565. The Morgan fingerprint density at radius 1 is 0.647 bits per heavy atom. The van der Waals surface area contributed by atoms with Crippen molar-refractivity contribution in [1.29, 1.82) is 5.26 Å². The molecular formula is C27H27NO6. The lowest BCUT2D eigenvalue weighted by atomic mass is 10.1. The van der Waals surface area contributed by atoms with Crippen LogP contribution >= 0.6 is 0 Å². The van der Waals surface area contributed by atoms with Gasteiger partial charge in [0.2, 0.25) is 0 Å². The molecule has 0 aromatic heterocycles. The Kier molecular flexibility index (Phi) is 8.61. The zero-order chi connectivity index (χ0) is 23.4. The van der Waals surface area contributed by atoms with Crippen molar-refractivity contribution in [2.45, 2.75) is 12.2 Å². The van der Waals surface area contributed by atoms with Gasteiger partial charge in [0.15, 0.2) is 29.1 Å². The second-order valence-electron chi connectivity index (χ2n) is 7.50. The van der Waals surface area contributed by atoms with E-state index in [1.165, 1.54) is 0 Å². The molecule has 7 heteroatoms. The van der Waals surface area contributed by atoms with Crippen molar-refractivity contribution < 1.29 is 28.4 Å². The second kappa shape index (κ2) is 12.5. The van der Waals surface area contributed by atoms with E-state index in [-0.39, 0.29) is 13.2 Å². The van der Waals surface area contributed by atoms with Gasteiger partial charge in [-0.25, -0.2) is 0 Å². The predicted octanol–water partition coefficient (Wildman–Crippen LogP) is 4.58. The van der Waals surface area contributed by atoms with E-state index in [9.17, 15) is 5.26 Å². The first-order valence-corrected chi connectivity index (χ1v) is 11.2. The van der Waals surface area contributed by atoms with E-state index in [1.54, 1.807) is 0 Å². The molecule has 0 radical (unpaired) electrons. The van der Waals surface area contributed by atoms with Crippen LogP contribution in [0.15, 0.2) is 78.9 Å². The third kappa shape index (κ3) is 6.64. The van der Waals surface area contributed by atoms with Crippen LogP contribution in [0, 0.1) is 11.3 Å². The summed E-state index contributed by atoms with van der Waals surface area (Å²) in [7, 11) is 0. The predicted molar refractivity (Wildman–Crippen MR) is 125 cm³/mol. The molecule has 34 heavy (non-hydrogen) atoms. The minimum Gasteiger partial charge on any atom is -0.487 e. The topological polar surface area (TPSA) is 79.2 Å². The van der Waals surface area contributed by atoms with Crippen LogP contribution in [-0.2, 0) is 9.47 Å². The minimum atomic E-state index is -0.765. The molecule has 176 valence electrons. The molecule has 1 atom stereocenters. The van der Waals surface area contributed by atoms with Gasteiger partial charge in [-0.1, -0.05) is 54.6 Å². The third-order valence-corrected chi connectivity index (χ3v) is 5.07. The van der Waals surface area contributed by atoms with Gasteiger partial charge in [-0.2, -0.15) is 5.26 Å². The van der Waals surface area contributed by atoms with E-state index in [0.29, 0.717) is 49.4 Å². The van der Waals surface area contributed by atoms with Crippen LogP contribution in [0.25, 0.3) is 0 Å². The Hall–Kier alpha value is -3.73. The Balaban J connectivity index is 1.55. The molecule has 1 aliphatic heterocycles. The first-order chi connectivity index (χ1) is 16.8. The molecule has 0 aliphatic carbocycles. The standard InChI is InChI=1S/C27H27NO6/c28-18-27(21-8-2-1-3-9-21)34-22-19-32-25-12-6-4-10-23(25)30-16-14-29-15-17-31-24-11-5-7-13-26(24)33-20-22/h1-13,22,27H,14-17,19-20H2. The van der Waals surface area contributed by atoms with Crippen LogP contribution < -0.4 is 18.9 Å². The molecule has 0 saturated carbocycles. The maximum absolute atomic E-state index is 9.75. The summed E-state index contributed by atoms with van der Waals surface area (Å²) < 4.78 is 35.5. The smallest absolute Gasteiger partial charge is 0.169 e. The van der Waals surface area contributed by atoms with Crippen molar-refractivity contribution in [3.63, 3.8) is 0 Å². The molecule has 1 unspecified atom stereocenters. The van der Waals surface area contributed by atoms with Gasteiger partial charge in [0.05, 0.1) is 19.3 Å². The van der Waals surface area contributed by atoms with Gasteiger partial charge in [-0.15, -0.1) is 0 Å². The van der Waals surface area contributed by atoms with Crippen LogP contribution in [0.4, 0.5) is 0 Å². The highest BCUT2D eigenvalue weighted by molar-refractivity contribution is 5.40. The van der Waals surface area contributed by atoms with Crippen LogP contribution in [0.5, 0.6) is 23.0 Å². The molecule has 4 rings (SSSR count). The second-order valence-corrected chi connectivity index (χ2v) is 7.50. The van der Waals surface area contributed by atoms with Crippen molar-refractivity contribution in [3.8, 4) is 29.1 Å². The zero-order valence-electron chi connectivity index (χ0n) is 18.8. The third-order valence-electron chi connectivity index (χ3n) is 5.07. The summed E-state index contributed by atoms with van der Waals surface area (Å²) >= 11 is 0. The lowest BCUT2D eigenvalue weighted by Crippen LogP contribution is -2.30. The van der Waals surface area contributed by atoms with Gasteiger partial charge in [-0.3, -0.25) is 0 Å². The lowest BCUT2D eigenvalue weighted by Gasteiger charge is -2.23. The van der Waals surface area contributed by atoms with Crippen LogP contribution in [0.3, 0.4) is 0 Å². The summed E-state index contributed by atoms with van der Waals surface area (Å²) in [6.45, 7) is 1.91.